The number of hydrogen-bond acceptors (Lipinski definition) is 6. The topological polar surface area (TPSA) is 110 Å². The Bertz CT molecular complexity index is 186. The molecule has 6 nitrogen and oxygen atoms in total. The maximum Gasteiger partial charge on any atom is 0.218 e. The van der Waals surface area contributed by atoms with E-state index >= 15 is 0 Å². The second kappa shape index (κ2) is 3.66. The minimum atomic E-state index is -2.45. The van der Waals surface area contributed by atoms with Crippen LogP contribution >= 0.6 is 11.6 Å². The molecule has 0 spiro atoms. The molecular formula is C6H11ClO6. The van der Waals surface area contributed by atoms with Crippen molar-refractivity contribution < 1.29 is 30.3 Å². The van der Waals surface area contributed by atoms with Crippen LogP contribution in [0.5, 0.6) is 0 Å². The zero-order valence-corrected chi connectivity index (χ0v) is 7.29. The van der Waals surface area contributed by atoms with Crippen molar-refractivity contribution in [2.45, 2.75) is 29.7 Å². The van der Waals surface area contributed by atoms with Crippen LogP contribution in [0.15, 0.2) is 0 Å². The minimum Gasteiger partial charge on any atom is -0.394 e. The van der Waals surface area contributed by atoms with Crippen molar-refractivity contribution in [3.63, 3.8) is 0 Å². The highest BCUT2D eigenvalue weighted by Gasteiger charge is 2.53. The van der Waals surface area contributed by atoms with Gasteiger partial charge in [-0.2, -0.15) is 0 Å². The predicted octanol–water partition coefficient (Wildman–Crippen LogP) is -2.65. The smallest absolute Gasteiger partial charge is 0.218 e. The lowest BCUT2D eigenvalue weighted by Gasteiger charge is -2.42. The molecule has 1 aliphatic rings. The summed E-state index contributed by atoms with van der Waals surface area (Å²) in [6.07, 6.45) is -6.35. The quantitative estimate of drug-likeness (QED) is 0.305. The molecule has 0 aliphatic carbocycles. The fourth-order valence-electron chi connectivity index (χ4n) is 1.08. The van der Waals surface area contributed by atoms with Crippen molar-refractivity contribution in [3.8, 4) is 0 Å². The number of aliphatic hydroxyl groups is 5. The van der Waals surface area contributed by atoms with Crippen LogP contribution in [-0.4, -0.2) is 61.8 Å². The molecule has 78 valence electrons. The summed E-state index contributed by atoms with van der Waals surface area (Å²) in [7, 11) is 0. The second-order valence-electron chi connectivity index (χ2n) is 2.87. The van der Waals surface area contributed by atoms with Crippen molar-refractivity contribution >= 4 is 11.6 Å². The van der Waals surface area contributed by atoms with Crippen molar-refractivity contribution in [3.05, 3.63) is 0 Å². The van der Waals surface area contributed by atoms with Crippen molar-refractivity contribution in [2.24, 2.45) is 0 Å². The van der Waals surface area contributed by atoms with Gasteiger partial charge in [0.2, 0.25) is 11.4 Å². The van der Waals surface area contributed by atoms with Crippen LogP contribution < -0.4 is 0 Å². The Balaban J connectivity index is 2.79. The van der Waals surface area contributed by atoms with Gasteiger partial charge in [-0.05, 0) is 0 Å². The van der Waals surface area contributed by atoms with Gasteiger partial charge in [0.05, 0.1) is 6.61 Å². The van der Waals surface area contributed by atoms with Crippen LogP contribution in [0, 0.1) is 0 Å². The van der Waals surface area contributed by atoms with Gasteiger partial charge in [0.15, 0.2) is 0 Å². The Labute approximate surface area is 78.9 Å². The lowest BCUT2D eigenvalue weighted by molar-refractivity contribution is -0.302. The third-order valence-electron chi connectivity index (χ3n) is 1.95. The van der Waals surface area contributed by atoms with Gasteiger partial charge in [-0.3, -0.25) is 0 Å². The summed E-state index contributed by atoms with van der Waals surface area (Å²) in [5.74, 6) is 0. The van der Waals surface area contributed by atoms with Crippen LogP contribution in [0.2, 0.25) is 0 Å². The lowest BCUT2D eigenvalue weighted by Crippen LogP contribution is -2.63. The molecule has 0 bridgehead atoms. The summed E-state index contributed by atoms with van der Waals surface area (Å²) in [6, 6.07) is 0. The summed E-state index contributed by atoms with van der Waals surface area (Å²) < 4.78 is 4.55. The van der Waals surface area contributed by atoms with E-state index in [2.05, 4.69) is 4.74 Å². The van der Waals surface area contributed by atoms with Crippen LogP contribution in [0.3, 0.4) is 0 Å². The van der Waals surface area contributed by atoms with Crippen molar-refractivity contribution in [2.75, 3.05) is 6.61 Å². The summed E-state index contributed by atoms with van der Waals surface area (Å²) in [5, 5.41) is 42.8. The van der Waals surface area contributed by atoms with E-state index in [1.54, 1.807) is 0 Å². The maximum absolute atomic E-state index is 9.20. The van der Waals surface area contributed by atoms with E-state index in [-0.39, 0.29) is 0 Å². The van der Waals surface area contributed by atoms with E-state index in [1.807, 2.05) is 0 Å². The molecule has 7 heteroatoms. The average molecular weight is 215 g/mol. The van der Waals surface area contributed by atoms with Crippen LogP contribution in [0.25, 0.3) is 0 Å². The summed E-state index contributed by atoms with van der Waals surface area (Å²) in [6.45, 7) is -0.595. The highest BCUT2D eigenvalue weighted by Crippen LogP contribution is 2.31. The first kappa shape index (κ1) is 11.1. The Kier molecular flexibility index (Phi) is 3.13. The first-order valence-corrected chi connectivity index (χ1v) is 4.01. The number of ether oxygens (including phenoxy) is 1. The van der Waals surface area contributed by atoms with Crippen LogP contribution in [0.4, 0.5) is 0 Å². The van der Waals surface area contributed by atoms with Gasteiger partial charge in [-0.1, -0.05) is 11.6 Å². The Morgan fingerprint density at radius 3 is 2.31 bits per heavy atom. The molecular weight excluding hydrogens is 204 g/mol. The van der Waals surface area contributed by atoms with E-state index in [4.69, 9.17) is 21.8 Å². The largest absolute Gasteiger partial charge is 0.394 e. The zero-order valence-electron chi connectivity index (χ0n) is 6.54. The summed E-state index contributed by atoms with van der Waals surface area (Å²) in [4.78, 5) is 0. The molecule has 1 fully saturated rings. The van der Waals surface area contributed by atoms with Crippen LogP contribution in [-0.2, 0) is 4.74 Å². The predicted molar refractivity (Wildman–Crippen MR) is 40.8 cm³/mol. The highest BCUT2D eigenvalue weighted by molar-refractivity contribution is 6.23. The zero-order chi connectivity index (χ0) is 10.2. The van der Waals surface area contributed by atoms with E-state index in [1.165, 1.54) is 0 Å². The Hall–Kier alpha value is 0.0500. The SMILES string of the molecule is OC[C@H]1O[C@H](O)[C@](O)(Cl)[C@@H](O)[C@H]1O. The molecule has 0 saturated carbocycles. The molecule has 1 saturated heterocycles. The van der Waals surface area contributed by atoms with E-state index in [0.29, 0.717) is 0 Å². The molecule has 1 aliphatic heterocycles. The van der Waals surface area contributed by atoms with Gasteiger partial charge in [-0.25, -0.2) is 0 Å². The van der Waals surface area contributed by atoms with E-state index < -0.39 is 36.3 Å². The lowest BCUT2D eigenvalue weighted by atomic mass is 9.99. The molecule has 0 radical (unpaired) electrons. The van der Waals surface area contributed by atoms with E-state index in [0.717, 1.165) is 0 Å². The molecule has 0 aromatic rings. The Morgan fingerprint density at radius 2 is 1.85 bits per heavy atom. The van der Waals surface area contributed by atoms with Gasteiger partial charge in [0.25, 0.3) is 0 Å². The van der Waals surface area contributed by atoms with Crippen LogP contribution in [0.1, 0.15) is 0 Å². The standard InChI is InChI=1S/C6H11ClO6/c7-6(12)4(10)3(9)2(1-8)13-5(6)11/h2-5,8-12H,1H2/t2-,3+,4+,5+,6+/m1/s1. The molecule has 0 amide bonds. The molecule has 0 aromatic heterocycles. The number of rotatable bonds is 1. The van der Waals surface area contributed by atoms with E-state index in [9.17, 15) is 15.3 Å². The van der Waals surface area contributed by atoms with Gasteiger partial charge in [0, 0.05) is 0 Å². The normalized spacial score (nSPS) is 52.2. The number of halogens is 1. The molecule has 0 aromatic carbocycles. The molecule has 1 heterocycles. The molecule has 13 heavy (non-hydrogen) atoms. The second-order valence-corrected chi connectivity index (χ2v) is 3.48. The summed E-state index contributed by atoms with van der Waals surface area (Å²) in [5.41, 5.74) is 0. The average Bonchev–Trinajstić information content (AvgIpc) is 2.09. The number of hydrogen-bond donors (Lipinski definition) is 5. The fourth-order valence-corrected chi connectivity index (χ4v) is 1.26. The summed E-state index contributed by atoms with van der Waals surface area (Å²) >= 11 is 5.28. The monoisotopic (exact) mass is 214 g/mol. The maximum atomic E-state index is 9.20. The van der Waals surface area contributed by atoms with Gasteiger partial charge in [-0.15, -0.1) is 0 Å². The van der Waals surface area contributed by atoms with Gasteiger partial charge < -0.3 is 30.3 Å². The molecule has 1 rings (SSSR count). The van der Waals surface area contributed by atoms with Crippen molar-refractivity contribution in [1.29, 1.82) is 0 Å². The third kappa shape index (κ3) is 1.79. The fraction of sp³-hybridized carbons (Fsp3) is 1.00. The molecule has 0 unspecified atom stereocenters. The van der Waals surface area contributed by atoms with Gasteiger partial charge >= 0.3 is 0 Å². The third-order valence-corrected chi connectivity index (χ3v) is 2.36. The first-order valence-electron chi connectivity index (χ1n) is 3.63. The minimum absolute atomic E-state index is 0.595. The van der Waals surface area contributed by atoms with Gasteiger partial charge in [0.1, 0.15) is 18.3 Å². The number of alkyl halides is 1. The Morgan fingerprint density at radius 1 is 1.31 bits per heavy atom. The first-order chi connectivity index (χ1) is 5.91. The highest BCUT2D eigenvalue weighted by atomic mass is 35.5. The molecule has 5 N–H and O–H groups in total. The molecule has 5 atom stereocenters. The number of aliphatic hydroxyl groups excluding tert-OH is 4. The van der Waals surface area contributed by atoms with Crippen molar-refractivity contribution in [1.82, 2.24) is 0 Å².